The molecular formula is C14H25ClN2O2. The predicted octanol–water partition coefficient (Wildman–Crippen LogP) is 3.11. The van der Waals surface area contributed by atoms with Crippen molar-refractivity contribution in [2.75, 3.05) is 6.54 Å². The van der Waals surface area contributed by atoms with Crippen LogP contribution in [-0.4, -0.2) is 12.5 Å². The molecule has 0 saturated carbocycles. The first kappa shape index (κ1) is 18.0. The van der Waals surface area contributed by atoms with Gasteiger partial charge >= 0.3 is 0 Å². The molecule has 0 saturated heterocycles. The SMILES string of the molecule is CCC(CC)(CC)CNC(=O)c1coc(CN)c1.Cl. The smallest absolute Gasteiger partial charge is 0.254 e. The molecule has 1 aromatic rings. The van der Waals surface area contributed by atoms with Gasteiger partial charge in [-0.25, -0.2) is 0 Å². The van der Waals surface area contributed by atoms with Crippen LogP contribution in [0, 0.1) is 5.41 Å². The van der Waals surface area contributed by atoms with E-state index in [9.17, 15) is 4.79 Å². The maximum atomic E-state index is 12.0. The second-order valence-electron chi connectivity index (χ2n) is 4.75. The van der Waals surface area contributed by atoms with Crippen molar-refractivity contribution in [3.05, 3.63) is 23.7 Å². The fourth-order valence-electron chi connectivity index (χ4n) is 2.10. The third-order valence-corrected chi connectivity index (χ3v) is 3.99. The number of furan rings is 1. The predicted molar refractivity (Wildman–Crippen MR) is 79.5 cm³/mol. The highest BCUT2D eigenvalue weighted by molar-refractivity contribution is 5.93. The van der Waals surface area contributed by atoms with Crippen molar-refractivity contribution < 1.29 is 9.21 Å². The Labute approximate surface area is 121 Å². The standard InChI is InChI=1S/C14H24N2O2.ClH/c1-4-14(5-2,6-3)10-16-13(17)11-7-12(8-15)18-9-11;/h7,9H,4-6,8,10,15H2,1-3H3,(H,16,17);1H. The Morgan fingerprint density at radius 2 is 1.89 bits per heavy atom. The molecule has 0 aliphatic heterocycles. The van der Waals surface area contributed by atoms with Crippen molar-refractivity contribution in [1.29, 1.82) is 0 Å². The van der Waals surface area contributed by atoms with Crippen molar-refractivity contribution >= 4 is 18.3 Å². The summed E-state index contributed by atoms with van der Waals surface area (Å²) in [7, 11) is 0. The minimum absolute atomic E-state index is 0. The first-order valence-electron chi connectivity index (χ1n) is 6.66. The van der Waals surface area contributed by atoms with E-state index in [0.717, 1.165) is 19.3 Å². The van der Waals surface area contributed by atoms with Gasteiger partial charge in [0.05, 0.1) is 12.1 Å². The zero-order valence-corrected chi connectivity index (χ0v) is 12.8. The molecule has 0 atom stereocenters. The van der Waals surface area contributed by atoms with Gasteiger partial charge in [0.25, 0.3) is 5.91 Å². The zero-order chi connectivity index (χ0) is 13.6. The lowest BCUT2D eigenvalue weighted by Gasteiger charge is -2.30. The molecule has 1 aromatic heterocycles. The molecule has 4 nitrogen and oxygen atoms in total. The summed E-state index contributed by atoms with van der Waals surface area (Å²) in [6, 6.07) is 1.70. The van der Waals surface area contributed by atoms with Crippen molar-refractivity contribution in [1.82, 2.24) is 5.32 Å². The molecule has 0 aliphatic carbocycles. The monoisotopic (exact) mass is 288 g/mol. The largest absolute Gasteiger partial charge is 0.467 e. The Kier molecular flexibility index (Phi) is 7.79. The van der Waals surface area contributed by atoms with Crippen LogP contribution in [-0.2, 0) is 6.54 Å². The summed E-state index contributed by atoms with van der Waals surface area (Å²) in [5, 5.41) is 2.99. The number of amides is 1. The van der Waals surface area contributed by atoms with Gasteiger partial charge in [0.1, 0.15) is 12.0 Å². The maximum absolute atomic E-state index is 12.0. The third kappa shape index (κ3) is 4.55. The first-order valence-corrected chi connectivity index (χ1v) is 6.66. The summed E-state index contributed by atoms with van der Waals surface area (Å²) in [4.78, 5) is 12.0. The van der Waals surface area contributed by atoms with E-state index in [4.69, 9.17) is 10.2 Å². The number of hydrogen-bond acceptors (Lipinski definition) is 3. The summed E-state index contributed by atoms with van der Waals surface area (Å²) in [6.45, 7) is 7.53. The molecule has 0 aromatic carbocycles. The first-order chi connectivity index (χ1) is 8.60. The van der Waals surface area contributed by atoms with E-state index >= 15 is 0 Å². The molecule has 0 fully saturated rings. The molecule has 1 heterocycles. The maximum Gasteiger partial charge on any atom is 0.254 e. The van der Waals surface area contributed by atoms with Crippen LogP contribution in [0.25, 0.3) is 0 Å². The molecule has 0 unspecified atom stereocenters. The van der Waals surface area contributed by atoms with Crippen molar-refractivity contribution in [3.8, 4) is 0 Å². The molecule has 3 N–H and O–H groups in total. The Balaban J connectivity index is 0.00000324. The number of carbonyl (C=O) groups excluding carboxylic acids is 1. The second-order valence-corrected chi connectivity index (χ2v) is 4.75. The molecule has 0 aliphatic rings. The number of nitrogens with one attached hydrogen (secondary N) is 1. The van der Waals surface area contributed by atoms with Crippen LogP contribution in [0.1, 0.15) is 56.2 Å². The number of rotatable bonds is 7. The Bertz CT molecular complexity index is 378. The third-order valence-electron chi connectivity index (χ3n) is 3.99. The van der Waals surface area contributed by atoms with Crippen LogP contribution in [0.4, 0.5) is 0 Å². The van der Waals surface area contributed by atoms with E-state index in [1.165, 1.54) is 6.26 Å². The Hall–Kier alpha value is -1.00. The molecule has 19 heavy (non-hydrogen) atoms. The van der Waals surface area contributed by atoms with Crippen LogP contribution in [0.3, 0.4) is 0 Å². The van der Waals surface area contributed by atoms with Crippen molar-refractivity contribution in [2.45, 2.75) is 46.6 Å². The summed E-state index contributed by atoms with van der Waals surface area (Å²) < 4.78 is 5.16. The van der Waals surface area contributed by atoms with Crippen LogP contribution in [0.2, 0.25) is 0 Å². The number of halogens is 1. The fraction of sp³-hybridized carbons (Fsp3) is 0.643. The summed E-state index contributed by atoms with van der Waals surface area (Å²) >= 11 is 0. The van der Waals surface area contributed by atoms with Gasteiger partial charge in [-0.2, -0.15) is 0 Å². The van der Waals surface area contributed by atoms with E-state index in [-0.39, 0.29) is 23.7 Å². The van der Waals surface area contributed by atoms with Gasteiger partial charge in [-0.05, 0) is 30.7 Å². The average molecular weight is 289 g/mol. The lowest BCUT2D eigenvalue weighted by Crippen LogP contribution is -2.36. The summed E-state index contributed by atoms with van der Waals surface area (Å²) in [6.07, 6.45) is 4.67. The van der Waals surface area contributed by atoms with Crippen molar-refractivity contribution in [3.63, 3.8) is 0 Å². The highest BCUT2D eigenvalue weighted by atomic mass is 35.5. The number of nitrogens with two attached hydrogens (primary N) is 1. The minimum atomic E-state index is -0.0850. The van der Waals surface area contributed by atoms with Crippen LogP contribution in [0.5, 0.6) is 0 Å². The Morgan fingerprint density at radius 1 is 1.32 bits per heavy atom. The van der Waals surface area contributed by atoms with E-state index < -0.39 is 0 Å². The lowest BCUT2D eigenvalue weighted by molar-refractivity contribution is 0.0923. The molecule has 1 amide bonds. The van der Waals surface area contributed by atoms with Gasteiger partial charge in [-0.1, -0.05) is 20.8 Å². The summed E-state index contributed by atoms with van der Waals surface area (Å²) in [5.41, 5.74) is 6.20. The molecule has 1 rings (SSSR count). The molecule has 0 spiro atoms. The minimum Gasteiger partial charge on any atom is -0.467 e. The van der Waals surface area contributed by atoms with E-state index in [1.807, 2.05) is 0 Å². The highest BCUT2D eigenvalue weighted by Crippen LogP contribution is 2.29. The van der Waals surface area contributed by atoms with Crippen molar-refractivity contribution in [2.24, 2.45) is 11.1 Å². The van der Waals surface area contributed by atoms with E-state index in [2.05, 4.69) is 26.1 Å². The van der Waals surface area contributed by atoms with Crippen LogP contribution in [0.15, 0.2) is 16.7 Å². The molecule has 0 radical (unpaired) electrons. The number of hydrogen-bond donors (Lipinski definition) is 2. The molecule has 110 valence electrons. The molecule has 0 bridgehead atoms. The normalized spacial score (nSPS) is 10.9. The second kappa shape index (κ2) is 8.23. The van der Waals surface area contributed by atoms with Crippen LogP contribution < -0.4 is 11.1 Å². The van der Waals surface area contributed by atoms with Crippen LogP contribution >= 0.6 is 12.4 Å². The number of carbonyl (C=O) groups is 1. The lowest BCUT2D eigenvalue weighted by atomic mass is 9.80. The van der Waals surface area contributed by atoms with Gasteiger partial charge in [0, 0.05) is 6.54 Å². The van der Waals surface area contributed by atoms with E-state index in [0.29, 0.717) is 24.4 Å². The average Bonchev–Trinajstić information content (AvgIpc) is 2.89. The van der Waals surface area contributed by atoms with Gasteiger partial charge in [0.15, 0.2) is 0 Å². The quantitative estimate of drug-likeness (QED) is 0.810. The zero-order valence-electron chi connectivity index (χ0n) is 12.0. The highest BCUT2D eigenvalue weighted by Gasteiger charge is 2.24. The van der Waals surface area contributed by atoms with Gasteiger partial charge in [-0.15, -0.1) is 12.4 Å². The topological polar surface area (TPSA) is 68.3 Å². The van der Waals surface area contributed by atoms with Gasteiger partial charge in [-0.3, -0.25) is 4.79 Å². The molecule has 5 heteroatoms. The fourth-order valence-corrected chi connectivity index (χ4v) is 2.10. The van der Waals surface area contributed by atoms with Gasteiger partial charge in [0.2, 0.25) is 0 Å². The summed E-state index contributed by atoms with van der Waals surface area (Å²) in [5.74, 6) is 0.547. The van der Waals surface area contributed by atoms with E-state index in [1.54, 1.807) is 6.07 Å². The molecular weight excluding hydrogens is 264 g/mol. The Morgan fingerprint density at radius 3 is 2.32 bits per heavy atom. The van der Waals surface area contributed by atoms with Gasteiger partial charge < -0.3 is 15.5 Å².